The third-order valence-electron chi connectivity index (χ3n) is 4.80. The van der Waals surface area contributed by atoms with Crippen molar-refractivity contribution in [1.29, 1.82) is 0 Å². The standard InChI is InChI=1S/C21H21N5OS2/c1-14-11-17(15(2)26(14)20-22-9-10-28-20)18(27)13-29-21-24-23-19(25(21)3)12-16-7-5-4-6-8-16/h4-11H,12-13H2,1-3H3. The molecule has 0 aliphatic carbocycles. The average molecular weight is 424 g/mol. The van der Waals surface area contributed by atoms with Crippen LogP contribution in [0.25, 0.3) is 5.13 Å². The molecule has 0 atom stereocenters. The van der Waals surface area contributed by atoms with E-state index < -0.39 is 0 Å². The molecule has 3 aromatic heterocycles. The van der Waals surface area contributed by atoms with E-state index in [4.69, 9.17) is 0 Å². The fourth-order valence-corrected chi connectivity index (χ4v) is 4.84. The van der Waals surface area contributed by atoms with Gasteiger partial charge in [-0.25, -0.2) is 4.98 Å². The van der Waals surface area contributed by atoms with Crippen LogP contribution in [0.15, 0.2) is 53.1 Å². The number of nitrogens with zero attached hydrogens (tertiary/aromatic N) is 5. The Morgan fingerprint density at radius 3 is 2.69 bits per heavy atom. The zero-order valence-electron chi connectivity index (χ0n) is 16.5. The minimum Gasteiger partial charge on any atom is -0.309 e. The predicted molar refractivity (Wildman–Crippen MR) is 116 cm³/mol. The number of benzene rings is 1. The van der Waals surface area contributed by atoms with Gasteiger partial charge in [-0.05, 0) is 25.5 Å². The molecule has 0 bridgehead atoms. The van der Waals surface area contributed by atoms with Crippen molar-refractivity contribution in [3.63, 3.8) is 0 Å². The molecule has 4 aromatic rings. The Balaban J connectivity index is 1.46. The van der Waals surface area contributed by atoms with Gasteiger partial charge in [0.25, 0.3) is 0 Å². The highest BCUT2D eigenvalue weighted by Crippen LogP contribution is 2.25. The largest absolute Gasteiger partial charge is 0.309 e. The molecule has 0 radical (unpaired) electrons. The molecule has 0 amide bonds. The van der Waals surface area contributed by atoms with Crippen LogP contribution in [0.2, 0.25) is 0 Å². The Labute approximate surface area is 177 Å². The van der Waals surface area contributed by atoms with Crippen LogP contribution in [-0.2, 0) is 13.5 Å². The first-order chi connectivity index (χ1) is 14.0. The van der Waals surface area contributed by atoms with Gasteiger partial charge in [-0.3, -0.25) is 9.36 Å². The van der Waals surface area contributed by atoms with E-state index >= 15 is 0 Å². The lowest BCUT2D eigenvalue weighted by atomic mass is 10.1. The molecule has 0 unspecified atom stereocenters. The summed E-state index contributed by atoms with van der Waals surface area (Å²) in [6.07, 6.45) is 2.49. The summed E-state index contributed by atoms with van der Waals surface area (Å²) in [5.41, 5.74) is 3.85. The number of carbonyl (C=O) groups is 1. The molecule has 0 aliphatic rings. The Morgan fingerprint density at radius 2 is 1.97 bits per heavy atom. The number of aromatic nitrogens is 5. The van der Waals surface area contributed by atoms with Crippen molar-refractivity contribution in [2.24, 2.45) is 7.05 Å². The third kappa shape index (κ3) is 4.04. The molecule has 0 aliphatic heterocycles. The van der Waals surface area contributed by atoms with Gasteiger partial charge < -0.3 is 4.57 Å². The van der Waals surface area contributed by atoms with Crippen LogP contribution in [0.3, 0.4) is 0 Å². The van der Waals surface area contributed by atoms with E-state index in [1.54, 1.807) is 17.5 Å². The van der Waals surface area contributed by atoms with Crippen LogP contribution in [0, 0.1) is 13.8 Å². The molecule has 4 rings (SSSR count). The summed E-state index contributed by atoms with van der Waals surface area (Å²) in [5, 5.41) is 12.1. The maximum absolute atomic E-state index is 12.9. The Kier molecular flexibility index (Phi) is 5.64. The zero-order valence-corrected chi connectivity index (χ0v) is 18.1. The maximum Gasteiger partial charge on any atom is 0.193 e. The summed E-state index contributed by atoms with van der Waals surface area (Å²) in [4.78, 5) is 17.2. The number of Topliss-reactive ketones (excluding diaryl/α,β-unsaturated/α-hetero) is 1. The van der Waals surface area contributed by atoms with Gasteiger partial charge in [0, 0.05) is 42.0 Å². The smallest absolute Gasteiger partial charge is 0.193 e. The van der Waals surface area contributed by atoms with Crippen molar-refractivity contribution in [3.8, 4) is 5.13 Å². The van der Waals surface area contributed by atoms with E-state index in [0.717, 1.165) is 33.1 Å². The zero-order chi connectivity index (χ0) is 20.4. The van der Waals surface area contributed by atoms with Gasteiger partial charge in [-0.1, -0.05) is 42.1 Å². The summed E-state index contributed by atoms with van der Waals surface area (Å²) in [5.74, 6) is 1.28. The summed E-state index contributed by atoms with van der Waals surface area (Å²) in [7, 11) is 1.94. The topological polar surface area (TPSA) is 65.6 Å². The van der Waals surface area contributed by atoms with Crippen LogP contribution >= 0.6 is 23.1 Å². The summed E-state index contributed by atoms with van der Waals surface area (Å²) >= 11 is 2.98. The van der Waals surface area contributed by atoms with Gasteiger partial charge in [-0.15, -0.1) is 21.5 Å². The molecule has 1 aromatic carbocycles. The first kappa shape index (κ1) is 19.6. The lowest BCUT2D eigenvalue weighted by molar-refractivity contribution is 0.102. The summed E-state index contributed by atoms with van der Waals surface area (Å²) in [6.45, 7) is 3.96. The maximum atomic E-state index is 12.9. The van der Waals surface area contributed by atoms with Gasteiger partial charge in [0.2, 0.25) is 0 Å². The number of hydrogen-bond donors (Lipinski definition) is 0. The fourth-order valence-electron chi connectivity index (χ4n) is 3.28. The quantitative estimate of drug-likeness (QED) is 0.328. The third-order valence-corrected chi connectivity index (χ3v) is 6.58. The summed E-state index contributed by atoms with van der Waals surface area (Å²) < 4.78 is 3.99. The number of aryl methyl sites for hydroxylation is 1. The average Bonchev–Trinajstić information content (AvgIpc) is 3.42. The predicted octanol–water partition coefficient (Wildman–Crippen LogP) is 4.24. The Morgan fingerprint density at radius 1 is 1.17 bits per heavy atom. The fraction of sp³-hybridized carbons (Fsp3) is 0.238. The molecule has 148 valence electrons. The van der Waals surface area contributed by atoms with Crippen molar-refractivity contribution in [2.45, 2.75) is 25.4 Å². The van der Waals surface area contributed by atoms with Crippen molar-refractivity contribution in [2.75, 3.05) is 5.75 Å². The Bertz CT molecular complexity index is 1130. The van der Waals surface area contributed by atoms with Gasteiger partial charge in [0.15, 0.2) is 16.1 Å². The SMILES string of the molecule is Cc1cc(C(=O)CSc2nnc(Cc3ccccc3)n2C)c(C)n1-c1nccs1. The molecule has 0 N–H and O–H groups in total. The van der Waals surface area contributed by atoms with E-state index in [0.29, 0.717) is 12.2 Å². The molecule has 0 saturated carbocycles. The second kappa shape index (κ2) is 8.34. The minimum absolute atomic E-state index is 0.0820. The monoisotopic (exact) mass is 423 g/mol. The lowest BCUT2D eigenvalue weighted by Gasteiger charge is -2.06. The van der Waals surface area contributed by atoms with Gasteiger partial charge in [0.05, 0.1) is 5.75 Å². The summed E-state index contributed by atoms with van der Waals surface area (Å²) in [6, 6.07) is 12.1. The molecule has 3 heterocycles. The number of carbonyl (C=O) groups excluding carboxylic acids is 1. The van der Waals surface area contributed by atoms with E-state index in [1.165, 1.54) is 17.3 Å². The number of thiazole rings is 1. The van der Waals surface area contributed by atoms with Crippen LogP contribution in [0.4, 0.5) is 0 Å². The highest BCUT2D eigenvalue weighted by molar-refractivity contribution is 7.99. The van der Waals surface area contributed by atoms with Crippen molar-refractivity contribution in [1.82, 2.24) is 24.3 Å². The second-order valence-electron chi connectivity index (χ2n) is 6.77. The van der Waals surface area contributed by atoms with E-state index in [1.807, 2.05) is 59.7 Å². The van der Waals surface area contributed by atoms with Crippen LogP contribution in [-0.4, -0.2) is 35.9 Å². The van der Waals surface area contributed by atoms with E-state index in [9.17, 15) is 4.79 Å². The van der Waals surface area contributed by atoms with Gasteiger partial charge >= 0.3 is 0 Å². The van der Waals surface area contributed by atoms with Gasteiger partial charge in [-0.2, -0.15) is 0 Å². The Hall–Kier alpha value is -2.71. The van der Waals surface area contributed by atoms with Gasteiger partial charge in [0.1, 0.15) is 5.82 Å². The van der Waals surface area contributed by atoms with Crippen LogP contribution in [0.1, 0.15) is 33.1 Å². The van der Waals surface area contributed by atoms with Crippen LogP contribution < -0.4 is 0 Å². The molecule has 6 nitrogen and oxygen atoms in total. The number of thioether (sulfide) groups is 1. The molecular weight excluding hydrogens is 402 g/mol. The molecule has 8 heteroatoms. The molecule has 0 spiro atoms. The normalized spacial score (nSPS) is 11.1. The van der Waals surface area contributed by atoms with Crippen LogP contribution in [0.5, 0.6) is 0 Å². The highest BCUT2D eigenvalue weighted by Gasteiger charge is 2.19. The van der Waals surface area contributed by atoms with Crippen molar-refractivity contribution < 1.29 is 4.79 Å². The lowest BCUT2D eigenvalue weighted by Crippen LogP contribution is -2.07. The second-order valence-corrected chi connectivity index (χ2v) is 8.58. The molecule has 0 fully saturated rings. The van der Waals surface area contributed by atoms with Crippen molar-refractivity contribution in [3.05, 3.63) is 76.3 Å². The highest BCUT2D eigenvalue weighted by atomic mass is 32.2. The molecule has 0 saturated heterocycles. The number of rotatable bonds is 7. The first-order valence-electron chi connectivity index (χ1n) is 9.21. The molecule has 29 heavy (non-hydrogen) atoms. The number of ketones is 1. The minimum atomic E-state index is 0.0820. The van der Waals surface area contributed by atoms with Crippen molar-refractivity contribution >= 4 is 28.9 Å². The first-order valence-corrected chi connectivity index (χ1v) is 11.1. The molecular formula is C21H21N5OS2. The number of hydrogen-bond acceptors (Lipinski definition) is 6. The van der Waals surface area contributed by atoms with E-state index in [2.05, 4.69) is 27.3 Å². The van der Waals surface area contributed by atoms with E-state index in [-0.39, 0.29) is 5.78 Å².